The monoisotopic (exact) mass is 834 g/mol. The quantitative estimate of drug-likeness (QED) is 0.166. The van der Waals surface area contributed by atoms with Gasteiger partial charge < -0.3 is 19.3 Å². The summed E-state index contributed by atoms with van der Waals surface area (Å²) in [6.45, 7) is 29.0. The van der Waals surface area contributed by atoms with Gasteiger partial charge in [0.1, 0.15) is 0 Å². The van der Waals surface area contributed by atoms with Crippen LogP contribution < -0.4 is 35.0 Å². The van der Waals surface area contributed by atoms with Gasteiger partial charge in [0.05, 0.1) is 30.3 Å². The molecule has 0 bridgehead atoms. The van der Waals surface area contributed by atoms with Gasteiger partial charge in [-0.3, -0.25) is 0 Å². The minimum atomic E-state index is -0.0331. The molecule has 0 fully saturated rings. The summed E-state index contributed by atoms with van der Waals surface area (Å²) in [6.07, 6.45) is 0.848. The van der Waals surface area contributed by atoms with Crippen LogP contribution >= 0.6 is 11.3 Å². The number of fused-ring (bicyclic) bond motifs is 7. The molecule has 3 aliphatic rings. The summed E-state index contributed by atoms with van der Waals surface area (Å²) in [6, 6.07) is 39.6. The van der Waals surface area contributed by atoms with Gasteiger partial charge in [-0.25, -0.2) is 0 Å². The minimum absolute atomic E-state index is 0.00376. The molecule has 7 aromatic rings. The fraction of sp³-hybridized carbons (Fsp3) is 0.321. The number of hydrogen-bond donors (Lipinski definition) is 0. The zero-order valence-corrected chi connectivity index (χ0v) is 39.4. The Hall–Kier alpha value is -5.46. The van der Waals surface area contributed by atoms with Crippen molar-refractivity contribution in [3.8, 4) is 22.6 Å². The van der Waals surface area contributed by atoms with E-state index in [1.807, 2.05) is 11.3 Å². The molecule has 6 aromatic carbocycles. The first-order chi connectivity index (χ1) is 29.4. The van der Waals surface area contributed by atoms with Crippen molar-refractivity contribution in [1.82, 2.24) is 0 Å². The van der Waals surface area contributed by atoms with E-state index < -0.39 is 0 Å². The Kier molecular flexibility index (Phi) is 9.36. The van der Waals surface area contributed by atoms with Crippen LogP contribution in [0.4, 0.5) is 34.1 Å². The number of benzene rings is 6. The lowest BCUT2D eigenvalue weighted by Crippen LogP contribution is -2.60. The van der Waals surface area contributed by atoms with E-state index in [4.69, 9.17) is 9.47 Å². The van der Waals surface area contributed by atoms with Gasteiger partial charge in [0.2, 0.25) is 0 Å². The van der Waals surface area contributed by atoms with Crippen molar-refractivity contribution < 1.29 is 9.47 Å². The van der Waals surface area contributed by atoms with Crippen LogP contribution in [-0.4, -0.2) is 19.9 Å². The Balaban J connectivity index is 1.35. The molecule has 0 atom stereocenters. The third-order valence-electron chi connectivity index (χ3n) is 13.3. The second-order valence-corrected chi connectivity index (χ2v) is 22.1. The number of ether oxygens (including phenoxy) is 2. The maximum Gasteiger partial charge on any atom is 0.264 e. The van der Waals surface area contributed by atoms with E-state index in [0.717, 1.165) is 29.3 Å². The van der Waals surface area contributed by atoms with Crippen LogP contribution in [0.5, 0.6) is 11.5 Å². The molecule has 10 rings (SSSR count). The summed E-state index contributed by atoms with van der Waals surface area (Å²) in [4.78, 5) is 5.21. The highest BCUT2D eigenvalue weighted by molar-refractivity contribution is 7.33. The largest absolute Gasteiger partial charge is 0.490 e. The van der Waals surface area contributed by atoms with Crippen molar-refractivity contribution >= 4 is 78.0 Å². The van der Waals surface area contributed by atoms with Crippen LogP contribution in [0.25, 0.3) is 21.2 Å². The van der Waals surface area contributed by atoms with Crippen LogP contribution in [0.1, 0.15) is 102 Å². The van der Waals surface area contributed by atoms with Gasteiger partial charge in [-0.15, -0.1) is 11.3 Å². The van der Waals surface area contributed by atoms with Gasteiger partial charge in [0.15, 0.2) is 11.5 Å². The summed E-state index contributed by atoms with van der Waals surface area (Å²) in [5.74, 6) is 1.64. The highest BCUT2D eigenvalue weighted by Crippen LogP contribution is 2.52. The zero-order valence-electron chi connectivity index (χ0n) is 38.6. The Labute approximate surface area is 373 Å². The number of nitrogens with zero attached hydrogens (tertiary/aromatic N) is 2. The van der Waals surface area contributed by atoms with Gasteiger partial charge in [-0.05, 0) is 129 Å². The fourth-order valence-electron chi connectivity index (χ4n) is 10.0. The predicted octanol–water partition coefficient (Wildman–Crippen LogP) is 13.6. The number of hydrogen-bond acceptors (Lipinski definition) is 5. The highest BCUT2D eigenvalue weighted by Gasteiger charge is 2.47. The van der Waals surface area contributed by atoms with E-state index in [2.05, 4.69) is 196 Å². The molecule has 62 heavy (non-hydrogen) atoms. The molecule has 0 saturated heterocycles. The van der Waals surface area contributed by atoms with E-state index in [9.17, 15) is 0 Å². The molecule has 0 aliphatic carbocycles. The van der Waals surface area contributed by atoms with Crippen LogP contribution in [0.15, 0.2) is 103 Å². The molecule has 0 saturated carbocycles. The molecule has 3 aliphatic heterocycles. The lowest BCUT2D eigenvalue weighted by molar-refractivity contribution is 0.297. The normalized spacial score (nSPS) is 14.7. The van der Waals surface area contributed by atoms with Crippen molar-refractivity contribution in [1.29, 1.82) is 0 Å². The molecule has 0 unspecified atom stereocenters. The molecule has 314 valence electrons. The van der Waals surface area contributed by atoms with E-state index in [0.29, 0.717) is 13.2 Å². The minimum Gasteiger partial charge on any atom is -0.490 e. The van der Waals surface area contributed by atoms with Crippen LogP contribution in [0, 0.1) is 20.8 Å². The topological polar surface area (TPSA) is 24.9 Å². The first kappa shape index (κ1) is 40.6. The maximum atomic E-state index is 6.56. The molecule has 0 amide bonds. The summed E-state index contributed by atoms with van der Waals surface area (Å²) in [7, 11) is 0. The Morgan fingerprint density at radius 3 is 1.79 bits per heavy atom. The Morgan fingerprint density at radius 1 is 0.548 bits per heavy atom. The van der Waals surface area contributed by atoms with Crippen LogP contribution in [0.2, 0.25) is 0 Å². The summed E-state index contributed by atoms with van der Waals surface area (Å²) >= 11 is 1.95. The summed E-state index contributed by atoms with van der Waals surface area (Å²) < 4.78 is 15.8. The van der Waals surface area contributed by atoms with Crippen molar-refractivity contribution in [3.63, 3.8) is 0 Å². The molecule has 0 N–H and O–H groups in total. The smallest absolute Gasteiger partial charge is 0.264 e. The van der Waals surface area contributed by atoms with Gasteiger partial charge in [0, 0.05) is 50.0 Å². The molecule has 6 heteroatoms. The number of anilines is 6. The van der Waals surface area contributed by atoms with E-state index in [1.165, 1.54) is 93.0 Å². The lowest BCUT2D eigenvalue weighted by atomic mass is 9.36. The fourth-order valence-corrected chi connectivity index (χ4v) is 11.3. The number of aryl methyl sites for hydroxylation is 3. The average Bonchev–Trinajstić information content (AvgIpc) is 3.43. The van der Waals surface area contributed by atoms with Gasteiger partial charge in [-0.2, -0.15) is 0 Å². The van der Waals surface area contributed by atoms with Crippen molar-refractivity contribution in [2.75, 3.05) is 23.0 Å². The van der Waals surface area contributed by atoms with Gasteiger partial charge >= 0.3 is 0 Å². The maximum absolute atomic E-state index is 6.56. The summed E-state index contributed by atoms with van der Waals surface area (Å²) in [5, 5.41) is 1.31. The van der Waals surface area contributed by atoms with E-state index in [-0.39, 0.29) is 23.0 Å². The molecule has 4 heterocycles. The second-order valence-electron chi connectivity index (χ2n) is 21.1. The first-order valence-electron chi connectivity index (χ1n) is 22.5. The van der Waals surface area contributed by atoms with E-state index in [1.54, 1.807) is 0 Å². The molecule has 4 nitrogen and oxygen atoms in total. The van der Waals surface area contributed by atoms with E-state index >= 15 is 0 Å². The zero-order chi connectivity index (χ0) is 43.6. The first-order valence-corrected chi connectivity index (χ1v) is 23.3. The van der Waals surface area contributed by atoms with Gasteiger partial charge in [0.25, 0.3) is 6.71 Å². The van der Waals surface area contributed by atoms with Crippen molar-refractivity contribution in [2.24, 2.45) is 0 Å². The molecule has 1 aromatic heterocycles. The number of thiophene rings is 1. The Bertz CT molecular complexity index is 2920. The third-order valence-corrected chi connectivity index (χ3v) is 14.5. The van der Waals surface area contributed by atoms with Crippen molar-refractivity contribution in [3.05, 3.63) is 137 Å². The van der Waals surface area contributed by atoms with Crippen LogP contribution in [-0.2, 0) is 16.2 Å². The van der Waals surface area contributed by atoms with Crippen LogP contribution in [0.3, 0.4) is 0 Å². The standard InChI is InChI=1S/C56H59BN2O2S/c1-33-25-45-50-46(26-33)59(51-34(2)27-39(28-35(51)3)56(10,11)12)52-41-30-38(55(7,8)9)20-22-49(41)62-53(52)57(50)42-31-47-48(61-24-16-23-60-47)32-44(42)58(45)43-21-19-37(54(4,5)6)29-40(43)36-17-14-13-15-18-36/h13-15,17-22,25-32H,16,23-24H2,1-12H3. The molecular weight excluding hydrogens is 776 g/mol. The number of rotatable bonds is 3. The second kappa shape index (κ2) is 14.3. The third kappa shape index (κ3) is 6.55. The molecule has 0 spiro atoms. The highest BCUT2D eigenvalue weighted by atomic mass is 32.1. The molecule has 0 radical (unpaired) electrons. The molecular formula is C56H59BN2O2S. The predicted molar refractivity (Wildman–Crippen MR) is 267 cm³/mol. The van der Waals surface area contributed by atoms with Crippen molar-refractivity contribution in [2.45, 2.75) is 106 Å². The lowest BCUT2D eigenvalue weighted by Gasteiger charge is -2.44. The van der Waals surface area contributed by atoms with Gasteiger partial charge in [-0.1, -0.05) is 117 Å². The SMILES string of the molecule is Cc1cc2c3c(c1)N(c1c(C)cc(C(C)(C)C)cc1C)c1c(sc4ccc(C(C)(C)C)cc14)B3c1cc3c(cc1N2c1ccc(C(C)(C)C)cc1-c1ccccc1)OCCCO3. The Morgan fingerprint density at radius 2 is 1.15 bits per heavy atom. The average molecular weight is 835 g/mol. The summed E-state index contributed by atoms with van der Waals surface area (Å²) in [5.41, 5.74) is 20.1.